The lowest BCUT2D eigenvalue weighted by Gasteiger charge is -2.36. The van der Waals surface area contributed by atoms with E-state index in [0.29, 0.717) is 37.8 Å². The van der Waals surface area contributed by atoms with Crippen molar-refractivity contribution in [3.05, 3.63) is 29.8 Å². The first kappa shape index (κ1) is 19.3. The second-order valence-electron chi connectivity index (χ2n) is 7.29. The zero-order chi connectivity index (χ0) is 18.7. The first-order chi connectivity index (χ1) is 12.4. The van der Waals surface area contributed by atoms with Crippen molar-refractivity contribution < 1.29 is 17.9 Å². The number of sulfonamides is 1. The van der Waals surface area contributed by atoms with Crippen LogP contribution < -0.4 is 0 Å². The average Bonchev–Trinajstić information content (AvgIpc) is 2.68. The number of rotatable bonds is 4. The molecule has 1 saturated carbocycles. The Kier molecular flexibility index (Phi) is 5.99. The molecule has 1 aromatic rings. The van der Waals surface area contributed by atoms with Crippen molar-refractivity contribution in [1.82, 2.24) is 9.21 Å². The van der Waals surface area contributed by atoms with Gasteiger partial charge in [0.2, 0.25) is 10.0 Å². The predicted molar refractivity (Wildman–Crippen MR) is 99.5 cm³/mol. The van der Waals surface area contributed by atoms with Gasteiger partial charge in [0.15, 0.2) is 0 Å². The van der Waals surface area contributed by atoms with Crippen LogP contribution in [0.1, 0.15) is 43.0 Å². The molecule has 1 heterocycles. The fourth-order valence-corrected chi connectivity index (χ4v) is 5.41. The summed E-state index contributed by atoms with van der Waals surface area (Å²) in [6, 6.07) is 6.64. The molecule has 1 amide bonds. The summed E-state index contributed by atoms with van der Waals surface area (Å²) >= 11 is 0. The van der Waals surface area contributed by atoms with Crippen LogP contribution in [0.2, 0.25) is 0 Å². The Morgan fingerprint density at radius 3 is 2.58 bits per heavy atom. The largest absolute Gasteiger partial charge is 0.379 e. The van der Waals surface area contributed by atoms with Crippen LogP contribution >= 0.6 is 0 Å². The number of carbonyl (C=O) groups is 1. The molecule has 2 aliphatic rings. The standard InChI is InChI=1S/C19H28N2O4S/c1-15-6-3-4-9-18(15)20(2)19(22)16-7-5-8-17(14-16)26(23,24)21-10-12-25-13-11-21/h5,7-8,14-15,18H,3-4,6,9-13H2,1-2H3. The van der Waals surface area contributed by atoms with E-state index in [-0.39, 0.29) is 16.8 Å². The molecule has 1 aliphatic carbocycles. The molecule has 2 fully saturated rings. The monoisotopic (exact) mass is 380 g/mol. The number of hydrogen-bond acceptors (Lipinski definition) is 4. The normalized spacial score (nSPS) is 25.0. The average molecular weight is 381 g/mol. The third-order valence-corrected chi connectivity index (χ3v) is 7.47. The first-order valence-corrected chi connectivity index (χ1v) is 10.8. The zero-order valence-electron chi connectivity index (χ0n) is 15.6. The van der Waals surface area contributed by atoms with Gasteiger partial charge in [-0.3, -0.25) is 4.79 Å². The summed E-state index contributed by atoms with van der Waals surface area (Å²) in [6.07, 6.45) is 4.49. The minimum atomic E-state index is -3.60. The maximum absolute atomic E-state index is 12.9. The number of benzene rings is 1. The summed E-state index contributed by atoms with van der Waals surface area (Å²) in [5, 5.41) is 0. The van der Waals surface area contributed by atoms with E-state index in [1.165, 1.54) is 16.8 Å². The van der Waals surface area contributed by atoms with Gasteiger partial charge in [0.05, 0.1) is 18.1 Å². The SMILES string of the molecule is CC1CCCCC1N(C)C(=O)c1cccc(S(=O)(=O)N2CCOCC2)c1. The Morgan fingerprint density at radius 1 is 1.19 bits per heavy atom. The van der Waals surface area contributed by atoms with Gasteiger partial charge in [0.1, 0.15) is 0 Å². The molecule has 2 atom stereocenters. The molecular formula is C19H28N2O4S. The molecule has 1 aromatic carbocycles. The third kappa shape index (κ3) is 3.94. The second-order valence-corrected chi connectivity index (χ2v) is 9.23. The van der Waals surface area contributed by atoms with Gasteiger partial charge in [0, 0.05) is 31.7 Å². The van der Waals surface area contributed by atoms with Crippen molar-refractivity contribution in [2.45, 2.75) is 43.5 Å². The third-order valence-electron chi connectivity index (χ3n) is 5.57. The molecule has 0 N–H and O–H groups in total. The number of hydrogen-bond donors (Lipinski definition) is 0. The van der Waals surface area contributed by atoms with Gasteiger partial charge in [-0.1, -0.05) is 25.8 Å². The Balaban J connectivity index is 1.81. The lowest BCUT2D eigenvalue weighted by atomic mass is 9.85. The smallest absolute Gasteiger partial charge is 0.253 e. The van der Waals surface area contributed by atoms with Gasteiger partial charge in [-0.05, 0) is 37.0 Å². The highest BCUT2D eigenvalue weighted by Gasteiger charge is 2.30. The van der Waals surface area contributed by atoms with Crippen LogP contribution in [0.4, 0.5) is 0 Å². The van der Waals surface area contributed by atoms with Gasteiger partial charge < -0.3 is 9.64 Å². The number of morpholine rings is 1. The quantitative estimate of drug-likeness (QED) is 0.804. The number of ether oxygens (including phenoxy) is 1. The van der Waals surface area contributed by atoms with E-state index in [2.05, 4.69) is 6.92 Å². The molecule has 6 nitrogen and oxygen atoms in total. The van der Waals surface area contributed by atoms with Crippen LogP contribution in [0.5, 0.6) is 0 Å². The molecule has 26 heavy (non-hydrogen) atoms. The number of nitrogens with zero attached hydrogens (tertiary/aromatic N) is 2. The van der Waals surface area contributed by atoms with Crippen molar-refractivity contribution in [2.24, 2.45) is 5.92 Å². The molecule has 0 bridgehead atoms. The Morgan fingerprint density at radius 2 is 1.88 bits per heavy atom. The fourth-order valence-electron chi connectivity index (χ4n) is 3.95. The van der Waals surface area contributed by atoms with Crippen LogP contribution in [0, 0.1) is 5.92 Å². The summed E-state index contributed by atoms with van der Waals surface area (Å²) < 4.78 is 32.3. The van der Waals surface area contributed by atoms with E-state index in [0.717, 1.165) is 19.3 Å². The second kappa shape index (κ2) is 8.06. The van der Waals surface area contributed by atoms with Crippen molar-refractivity contribution in [2.75, 3.05) is 33.4 Å². The molecule has 1 saturated heterocycles. The van der Waals surface area contributed by atoms with Crippen LogP contribution in [0.3, 0.4) is 0 Å². The van der Waals surface area contributed by atoms with Crippen LogP contribution in [-0.4, -0.2) is 62.9 Å². The highest BCUT2D eigenvalue weighted by molar-refractivity contribution is 7.89. The van der Waals surface area contributed by atoms with E-state index < -0.39 is 10.0 Å². The van der Waals surface area contributed by atoms with Crippen LogP contribution in [0.15, 0.2) is 29.2 Å². The Hall–Kier alpha value is -1.44. The molecule has 7 heteroatoms. The highest BCUT2D eigenvalue weighted by atomic mass is 32.2. The molecule has 2 unspecified atom stereocenters. The van der Waals surface area contributed by atoms with Gasteiger partial charge in [-0.2, -0.15) is 4.31 Å². The minimum Gasteiger partial charge on any atom is -0.379 e. The zero-order valence-corrected chi connectivity index (χ0v) is 16.4. The number of carbonyl (C=O) groups excluding carboxylic acids is 1. The summed E-state index contributed by atoms with van der Waals surface area (Å²) in [4.78, 5) is 14.9. The topological polar surface area (TPSA) is 66.9 Å². The van der Waals surface area contributed by atoms with E-state index in [9.17, 15) is 13.2 Å². The highest BCUT2D eigenvalue weighted by Crippen LogP contribution is 2.28. The first-order valence-electron chi connectivity index (χ1n) is 9.36. The summed E-state index contributed by atoms with van der Waals surface area (Å²) in [5.74, 6) is 0.362. The molecule has 1 aliphatic heterocycles. The summed E-state index contributed by atoms with van der Waals surface area (Å²) in [7, 11) is -1.77. The van der Waals surface area contributed by atoms with E-state index >= 15 is 0 Å². The lowest BCUT2D eigenvalue weighted by Crippen LogP contribution is -2.43. The van der Waals surface area contributed by atoms with Gasteiger partial charge in [-0.25, -0.2) is 8.42 Å². The summed E-state index contributed by atoms with van der Waals surface area (Å²) in [5.41, 5.74) is 0.430. The van der Waals surface area contributed by atoms with E-state index in [4.69, 9.17) is 4.74 Å². The minimum absolute atomic E-state index is 0.109. The number of amides is 1. The van der Waals surface area contributed by atoms with Crippen LogP contribution in [-0.2, 0) is 14.8 Å². The molecule has 0 aromatic heterocycles. The molecule has 0 spiro atoms. The predicted octanol–water partition coefficient (Wildman–Crippen LogP) is 2.36. The Bertz CT molecular complexity index is 744. The van der Waals surface area contributed by atoms with Crippen molar-refractivity contribution in [3.8, 4) is 0 Å². The molecule has 144 valence electrons. The van der Waals surface area contributed by atoms with Gasteiger partial charge in [0.25, 0.3) is 5.91 Å². The molecular weight excluding hydrogens is 352 g/mol. The summed E-state index contributed by atoms with van der Waals surface area (Å²) in [6.45, 7) is 3.69. The van der Waals surface area contributed by atoms with Crippen molar-refractivity contribution >= 4 is 15.9 Å². The van der Waals surface area contributed by atoms with E-state index in [1.807, 2.05) is 7.05 Å². The van der Waals surface area contributed by atoms with Gasteiger partial charge in [-0.15, -0.1) is 0 Å². The maximum atomic E-state index is 12.9. The molecule has 3 rings (SSSR count). The van der Waals surface area contributed by atoms with E-state index in [1.54, 1.807) is 23.1 Å². The molecule has 0 radical (unpaired) electrons. The van der Waals surface area contributed by atoms with Crippen molar-refractivity contribution in [3.63, 3.8) is 0 Å². The fraction of sp³-hybridized carbons (Fsp3) is 0.632. The Labute approximate surface area is 156 Å². The maximum Gasteiger partial charge on any atom is 0.253 e. The van der Waals surface area contributed by atoms with Crippen molar-refractivity contribution in [1.29, 1.82) is 0 Å². The lowest BCUT2D eigenvalue weighted by molar-refractivity contribution is 0.0628. The van der Waals surface area contributed by atoms with Crippen LogP contribution in [0.25, 0.3) is 0 Å². The van der Waals surface area contributed by atoms with Gasteiger partial charge >= 0.3 is 0 Å².